The summed E-state index contributed by atoms with van der Waals surface area (Å²) in [5.74, 6) is 0.209. The van der Waals surface area contributed by atoms with E-state index >= 15 is 0 Å². The molecule has 1 aromatic carbocycles. The van der Waals surface area contributed by atoms with E-state index in [-0.39, 0.29) is 23.6 Å². The molecule has 8 heteroatoms. The lowest BCUT2D eigenvalue weighted by Crippen LogP contribution is -2.43. The molecule has 0 atom stereocenters. The van der Waals surface area contributed by atoms with Gasteiger partial charge in [-0.3, -0.25) is 9.36 Å². The molecule has 2 aromatic rings. The van der Waals surface area contributed by atoms with Crippen molar-refractivity contribution in [2.45, 2.75) is 45.3 Å². The fourth-order valence-corrected chi connectivity index (χ4v) is 3.54. The number of anilines is 1. The fourth-order valence-electron chi connectivity index (χ4n) is 3.17. The van der Waals surface area contributed by atoms with Gasteiger partial charge in [0, 0.05) is 23.6 Å². The molecule has 26 heavy (non-hydrogen) atoms. The Kier molecular flexibility index (Phi) is 4.96. The molecule has 1 aromatic heterocycles. The Morgan fingerprint density at radius 2 is 1.96 bits per heavy atom. The standard InChI is InChI=1S/C18H23BrN4O3/c1-18(2,3)26-17(25)22-8-6-12(7-9-22)23-15(24)13-10-11(19)4-5-14(13)21-16(23)20/h4-5,10,12H,6-9H2,1-3H3,(H2,20,21). The molecule has 1 aliphatic heterocycles. The van der Waals surface area contributed by atoms with Crippen molar-refractivity contribution in [1.82, 2.24) is 14.5 Å². The van der Waals surface area contributed by atoms with Crippen molar-refractivity contribution in [2.75, 3.05) is 18.8 Å². The Balaban J connectivity index is 1.82. The first-order valence-electron chi connectivity index (χ1n) is 8.61. The van der Waals surface area contributed by atoms with Gasteiger partial charge in [0.05, 0.1) is 10.9 Å². The number of ether oxygens (including phenoxy) is 1. The van der Waals surface area contributed by atoms with Crippen LogP contribution in [-0.4, -0.2) is 39.2 Å². The Morgan fingerprint density at radius 1 is 1.31 bits per heavy atom. The highest BCUT2D eigenvalue weighted by atomic mass is 79.9. The van der Waals surface area contributed by atoms with Crippen molar-refractivity contribution in [3.8, 4) is 0 Å². The molecule has 1 fully saturated rings. The van der Waals surface area contributed by atoms with E-state index in [1.807, 2.05) is 26.8 Å². The van der Waals surface area contributed by atoms with Gasteiger partial charge in [-0.25, -0.2) is 9.78 Å². The summed E-state index contributed by atoms with van der Waals surface area (Å²) in [7, 11) is 0. The van der Waals surface area contributed by atoms with Crippen LogP contribution in [0.5, 0.6) is 0 Å². The van der Waals surface area contributed by atoms with Gasteiger partial charge in [-0.1, -0.05) is 15.9 Å². The molecule has 0 radical (unpaired) electrons. The normalized spacial score (nSPS) is 16.1. The number of nitrogens with two attached hydrogens (primary N) is 1. The quantitative estimate of drug-likeness (QED) is 0.760. The van der Waals surface area contributed by atoms with Crippen molar-refractivity contribution < 1.29 is 9.53 Å². The van der Waals surface area contributed by atoms with E-state index in [2.05, 4.69) is 20.9 Å². The summed E-state index contributed by atoms with van der Waals surface area (Å²) < 4.78 is 7.79. The first kappa shape index (κ1) is 18.7. The first-order valence-corrected chi connectivity index (χ1v) is 9.40. The molecule has 0 unspecified atom stereocenters. The van der Waals surface area contributed by atoms with Crippen LogP contribution in [0.3, 0.4) is 0 Å². The molecule has 1 amide bonds. The maximum absolute atomic E-state index is 12.9. The summed E-state index contributed by atoms with van der Waals surface area (Å²) in [5.41, 5.74) is 5.98. The zero-order valence-corrected chi connectivity index (χ0v) is 16.7. The van der Waals surface area contributed by atoms with Gasteiger partial charge in [0.25, 0.3) is 5.56 Å². The third kappa shape index (κ3) is 3.85. The van der Waals surface area contributed by atoms with Crippen LogP contribution in [0.25, 0.3) is 10.9 Å². The van der Waals surface area contributed by atoms with Crippen molar-refractivity contribution >= 4 is 38.9 Å². The smallest absolute Gasteiger partial charge is 0.410 e. The maximum atomic E-state index is 12.9. The van der Waals surface area contributed by atoms with E-state index in [9.17, 15) is 9.59 Å². The molecular formula is C18H23BrN4O3. The van der Waals surface area contributed by atoms with Crippen molar-refractivity contribution in [3.05, 3.63) is 33.0 Å². The number of benzene rings is 1. The second kappa shape index (κ2) is 6.90. The molecule has 0 saturated carbocycles. The van der Waals surface area contributed by atoms with Crippen LogP contribution < -0.4 is 11.3 Å². The number of likely N-dealkylation sites (tertiary alicyclic amines) is 1. The molecule has 1 aliphatic rings. The SMILES string of the molecule is CC(C)(C)OC(=O)N1CCC(n2c(N)nc3ccc(Br)cc3c2=O)CC1. The van der Waals surface area contributed by atoms with Gasteiger partial charge in [-0.15, -0.1) is 0 Å². The number of piperidine rings is 1. The maximum Gasteiger partial charge on any atom is 0.410 e. The Labute approximate surface area is 160 Å². The molecule has 0 bridgehead atoms. The topological polar surface area (TPSA) is 90.4 Å². The van der Waals surface area contributed by atoms with Crippen LogP contribution in [0, 0.1) is 0 Å². The highest BCUT2D eigenvalue weighted by Gasteiger charge is 2.29. The van der Waals surface area contributed by atoms with E-state index in [0.29, 0.717) is 36.8 Å². The first-order chi connectivity index (χ1) is 12.2. The lowest BCUT2D eigenvalue weighted by molar-refractivity contribution is 0.0188. The van der Waals surface area contributed by atoms with Gasteiger partial charge in [0.2, 0.25) is 5.95 Å². The highest BCUT2D eigenvalue weighted by Crippen LogP contribution is 2.26. The average Bonchev–Trinajstić information content (AvgIpc) is 2.55. The van der Waals surface area contributed by atoms with Crippen LogP contribution in [-0.2, 0) is 4.74 Å². The lowest BCUT2D eigenvalue weighted by atomic mass is 10.0. The Hall–Kier alpha value is -2.09. The predicted octanol–water partition coefficient (Wildman–Crippen LogP) is 3.31. The van der Waals surface area contributed by atoms with Crippen molar-refractivity contribution in [2.24, 2.45) is 0 Å². The molecular weight excluding hydrogens is 400 g/mol. The molecule has 2 heterocycles. The van der Waals surface area contributed by atoms with E-state index < -0.39 is 5.60 Å². The number of carbonyl (C=O) groups excluding carboxylic acids is 1. The number of carbonyl (C=O) groups is 1. The number of hydrogen-bond donors (Lipinski definition) is 1. The number of amides is 1. The average molecular weight is 423 g/mol. The van der Waals surface area contributed by atoms with Crippen LogP contribution in [0.15, 0.2) is 27.5 Å². The Morgan fingerprint density at radius 3 is 2.58 bits per heavy atom. The van der Waals surface area contributed by atoms with Crippen LogP contribution in [0.1, 0.15) is 39.7 Å². The molecule has 7 nitrogen and oxygen atoms in total. The number of halogens is 1. The second-order valence-corrected chi connectivity index (χ2v) is 8.42. The summed E-state index contributed by atoms with van der Waals surface area (Å²) in [6.45, 7) is 6.56. The second-order valence-electron chi connectivity index (χ2n) is 7.51. The Bertz CT molecular complexity index is 896. The minimum atomic E-state index is -0.523. The third-order valence-corrected chi connectivity index (χ3v) is 4.86. The van der Waals surface area contributed by atoms with Gasteiger partial charge in [0.1, 0.15) is 5.60 Å². The number of aromatic nitrogens is 2. The summed E-state index contributed by atoms with van der Waals surface area (Å²) in [6, 6.07) is 5.28. The monoisotopic (exact) mass is 422 g/mol. The summed E-state index contributed by atoms with van der Waals surface area (Å²) in [6.07, 6.45) is 0.937. The minimum Gasteiger partial charge on any atom is -0.444 e. The molecule has 3 rings (SSSR count). The summed E-state index contributed by atoms with van der Waals surface area (Å²) in [5, 5.41) is 0.531. The number of hydrogen-bond acceptors (Lipinski definition) is 5. The zero-order valence-electron chi connectivity index (χ0n) is 15.2. The number of rotatable bonds is 1. The molecule has 2 N–H and O–H groups in total. The van der Waals surface area contributed by atoms with Gasteiger partial charge in [0.15, 0.2) is 0 Å². The van der Waals surface area contributed by atoms with Gasteiger partial charge in [-0.05, 0) is 51.8 Å². The van der Waals surface area contributed by atoms with Gasteiger partial charge in [-0.2, -0.15) is 0 Å². The van der Waals surface area contributed by atoms with Crippen molar-refractivity contribution in [1.29, 1.82) is 0 Å². The minimum absolute atomic E-state index is 0.0860. The van der Waals surface area contributed by atoms with Gasteiger partial charge < -0.3 is 15.4 Å². The molecule has 0 spiro atoms. The van der Waals surface area contributed by atoms with Gasteiger partial charge >= 0.3 is 6.09 Å². The summed E-state index contributed by atoms with van der Waals surface area (Å²) >= 11 is 3.39. The molecule has 140 valence electrons. The molecule has 1 saturated heterocycles. The zero-order chi connectivity index (χ0) is 19.1. The van der Waals surface area contributed by atoms with E-state index in [1.165, 1.54) is 0 Å². The van der Waals surface area contributed by atoms with E-state index in [1.54, 1.807) is 21.6 Å². The number of nitrogen functional groups attached to an aromatic ring is 1. The largest absolute Gasteiger partial charge is 0.444 e. The fraction of sp³-hybridized carbons (Fsp3) is 0.500. The third-order valence-electron chi connectivity index (χ3n) is 4.37. The highest BCUT2D eigenvalue weighted by molar-refractivity contribution is 9.10. The van der Waals surface area contributed by atoms with E-state index in [0.717, 1.165) is 4.47 Å². The van der Waals surface area contributed by atoms with Crippen LogP contribution >= 0.6 is 15.9 Å². The lowest BCUT2D eigenvalue weighted by Gasteiger charge is -2.34. The number of fused-ring (bicyclic) bond motifs is 1. The predicted molar refractivity (Wildman–Crippen MR) is 104 cm³/mol. The van der Waals surface area contributed by atoms with Crippen LogP contribution in [0.2, 0.25) is 0 Å². The van der Waals surface area contributed by atoms with Crippen molar-refractivity contribution in [3.63, 3.8) is 0 Å². The van der Waals surface area contributed by atoms with Crippen LogP contribution in [0.4, 0.5) is 10.7 Å². The molecule has 0 aliphatic carbocycles. The number of nitrogens with zero attached hydrogens (tertiary/aromatic N) is 3. The summed E-state index contributed by atoms with van der Waals surface area (Å²) in [4.78, 5) is 31.2. The van der Waals surface area contributed by atoms with E-state index in [4.69, 9.17) is 10.5 Å².